The van der Waals surface area contributed by atoms with Crippen LogP contribution in [-0.2, 0) is 13.1 Å². The van der Waals surface area contributed by atoms with Gasteiger partial charge in [-0.25, -0.2) is 0 Å². The van der Waals surface area contributed by atoms with Crippen LogP contribution in [0.2, 0.25) is 0 Å². The molecule has 0 bridgehead atoms. The maximum absolute atomic E-state index is 5.68. The molecule has 100 valence electrons. The van der Waals surface area contributed by atoms with Crippen molar-refractivity contribution in [3.05, 3.63) is 53.9 Å². The lowest BCUT2D eigenvalue weighted by Crippen LogP contribution is -2.26. The smallest absolute Gasteiger partial charge is 0.124 e. The molecule has 0 fully saturated rings. The minimum Gasteiger partial charge on any atom is -0.493 e. The highest BCUT2D eigenvalue weighted by atomic mass is 16.5. The largest absolute Gasteiger partial charge is 0.493 e. The van der Waals surface area contributed by atoms with E-state index in [1.807, 2.05) is 6.07 Å². The molecule has 0 saturated carbocycles. The molecule has 19 heavy (non-hydrogen) atoms. The Bertz CT molecular complexity index is 547. The molecule has 1 aromatic heterocycles. The number of para-hydroxylation sites is 1. The van der Waals surface area contributed by atoms with Crippen molar-refractivity contribution < 1.29 is 4.74 Å². The summed E-state index contributed by atoms with van der Waals surface area (Å²) in [6.07, 6.45) is 5.37. The Kier molecular flexibility index (Phi) is 3.56. The van der Waals surface area contributed by atoms with Crippen molar-refractivity contribution in [2.24, 2.45) is 0 Å². The van der Waals surface area contributed by atoms with E-state index in [4.69, 9.17) is 4.74 Å². The fraction of sp³-hybridized carbons (Fsp3) is 0.375. The van der Waals surface area contributed by atoms with Crippen molar-refractivity contribution in [1.29, 1.82) is 0 Å². The third-order valence-corrected chi connectivity index (χ3v) is 3.69. The van der Waals surface area contributed by atoms with Crippen LogP contribution in [0.15, 0.2) is 42.7 Å². The summed E-state index contributed by atoms with van der Waals surface area (Å²) in [5, 5.41) is 3.64. The fourth-order valence-electron chi connectivity index (χ4n) is 2.59. The van der Waals surface area contributed by atoms with E-state index in [2.05, 4.69) is 53.5 Å². The lowest BCUT2D eigenvalue weighted by molar-refractivity contribution is 0.252. The lowest BCUT2D eigenvalue weighted by Gasteiger charge is -2.26. The maximum Gasteiger partial charge on any atom is 0.124 e. The van der Waals surface area contributed by atoms with Crippen LogP contribution in [0.3, 0.4) is 0 Å². The minimum atomic E-state index is 0.398. The fourth-order valence-corrected chi connectivity index (χ4v) is 2.59. The molecular weight excluding hydrogens is 236 g/mol. The summed E-state index contributed by atoms with van der Waals surface area (Å²) in [4.78, 5) is 0. The first-order valence-electron chi connectivity index (χ1n) is 6.96. The van der Waals surface area contributed by atoms with Gasteiger partial charge in [-0.3, -0.25) is 0 Å². The number of hydrogen-bond donors (Lipinski definition) is 1. The Labute approximate surface area is 114 Å². The van der Waals surface area contributed by atoms with Gasteiger partial charge in [-0.15, -0.1) is 0 Å². The molecular formula is C16H20N2O. The van der Waals surface area contributed by atoms with Gasteiger partial charge in [-0.05, 0) is 24.6 Å². The van der Waals surface area contributed by atoms with E-state index in [1.54, 1.807) is 0 Å². The molecule has 0 amide bonds. The molecule has 3 rings (SSSR count). The summed E-state index contributed by atoms with van der Waals surface area (Å²) >= 11 is 0. The third-order valence-electron chi connectivity index (χ3n) is 3.69. The van der Waals surface area contributed by atoms with Crippen LogP contribution in [0.25, 0.3) is 0 Å². The summed E-state index contributed by atoms with van der Waals surface area (Å²) in [5.74, 6) is 1.03. The number of nitrogens with zero attached hydrogens (tertiary/aromatic N) is 1. The molecule has 1 atom stereocenters. The van der Waals surface area contributed by atoms with Crippen LogP contribution in [0, 0.1) is 0 Å². The van der Waals surface area contributed by atoms with E-state index in [0.29, 0.717) is 6.04 Å². The molecule has 0 aliphatic carbocycles. The predicted octanol–water partition coefficient (Wildman–Crippen LogP) is 3.12. The van der Waals surface area contributed by atoms with Gasteiger partial charge in [-0.1, -0.05) is 18.2 Å². The SMILES string of the molecule is CCn1ccc(CNC2CCOc3ccccc32)c1. The van der Waals surface area contributed by atoms with Crippen molar-refractivity contribution in [3.63, 3.8) is 0 Å². The first-order valence-corrected chi connectivity index (χ1v) is 6.96. The number of aromatic nitrogens is 1. The summed E-state index contributed by atoms with van der Waals surface area (Å²) < 4.78 is 7.89. The highest BCUT2D eigenvalue weighted by molar-refractivity contribution is 5.37. The Morgan fingerprint density at radius 2 is 2.21 bits per heavy atom. The number of benzene rings is 1. The van der Waals surface area contributed by atoms with E-state index in [1.165, 1.54) is 11.1 Å². The van der Waals surface area contributed by atoms with Crippen LogP contribution >= 0.6 is 0 Å². The third kappa shape index (κ3) is 2.66. The van der Waals surface area contributed by atoms with Crippen LogP contribution in [0.1, 0.15) is 30.5 Å². The van der Waals surface area contributed by atoms with Gasteiger partial charge in [0.05, 0.1) is 6.61 Å². The molecule has 3 heteroatoms. The zero-order valence-corrected chi connectivity index (χ0v) is 11.3. The molecule has 0 radical (unpaired) electrons. The van der Waals surface area contributed by atoms with Crippen molar-refractivity contribution in [1.82, 2.24) is 9.88 Å². The van der Waals surface area contributed by atoms with Gasteiger partial charge >= 0.3 is 0 Å². The zero-order valence-electron chi connectivity index (χ0n) is 11.3. The van der Waals surface area contributed by atoms with Crippen LogP contribution in [0.5, 0.6) is 5.75 Å². The summed E-state index contributed by atoms with van der Waals surface area (Å²) in [7, 11) is 0. The van der Waals surface area contributed by atoms with Crippen molar-refractivity contribution in [2.45, 2.75) is 32.5 Å². The van der Waals surface area contributed by atoms with Gasteiger partial charge in [0.1, 0.15) is 5.75 Å². The maximum atomic E-state index is 5.68. The number of aryl methyl sites for hydroxylation is 1. The summed E-state index contributed by atoms with van der Waals surface area (Å²) in [6.45, 7) is 4.89. The Balaban J connectivity index is 1.68. The molecule has 0 saturated heterocycles. The number of fused-ring (bicyclic) bond motifs is 1. The zero-order chi connectivity index (χ0) is 13.1. The van der Waals surface area contributed by atoms with Crippen molar-refractivity contribution in [3.8, 4) is 5.75 Å². The van der Waals surface area contributed by atoms with Gasteiger partial charge in [0.2, 0.25) is 0 Å². The number of ether oxygens (including phenoxy) is 1. The van der Waals surface area contributed by atoms with Crippen LogP contribution in [0.4, 0.5) is 0 Å². The van der Waals surface area contributed by atoms with E-state index >= 15 is 0 Å². The van der Waals surface area contributed by atoms with Gasteiger partial charge in [-0.2, -0.15) is 0 Å². The first-order chi connectivity index (χ1) is 9.36. The lowest BCUT2D eigenvalue weighted by atomic mass is 10.0. The molecule has 2 aromatic rings. The topological polar surface area (TPSA) is 26.2 Å². The highest BCUT2D eigenvalue weighted by Crippen LogP contribution is 2.31. The molecule has 1 aliphatic heterocycles. The summed E-state index contributed by atoms with van der Waals surface area (Å²) in [5.41, 5.74) is 2.62. The molecule has 1 N–H and O–H groups in total. The molecule has 2 heterocycles. The Morgan fingerprint density at radius 1 is 1.32 bits per heavy atom. The minimum absolute atomic E-state index is 0.398. The molecule has 1 aliphatic rings. The number of hydrogen-bond acceptors (Lipinski definition) is 2. The van der Waals surface area contributed by atoms with E-state index < -0.39 is 0 Å². The second kappa shape index (κ2) is 5.49. The molecule has 1 aromatic carbocycles. The van der Waals surface area contributed by atoms with Crippen LogP contribution in [-0.4, -0.2) is 11.2 Å². The number of nitrogens with one attached hydrogen (secondary N) is 1. The second-order valence-electron chi connectivity index (χ2n) is 4.96. The van der Waals surface area contributed by atoms with Gasteiger partial charge < -0.3 is 14.6 Å². The number of rotatable bonds is 4. The highest BCUT2D eigenvalue weighted by Gasteiger charge is 2.20. The van der Waals surface area contributed by atoms with Crippen LogP contribution < -0.4 is 10.1 Å². The molecule has 1 unspecified atom stereocenters. The quantitative estimate of drug-likeness (QED) is 0.909. The molecule has 0 spiro atoms. The Morgan fingerprint density at radius 3 is 3.05 bits per heavy atom. The Hall–Kier alpha value is -1.74. The average molecular weight is 256 g/mol. The van der Waals surface area contributed by atoms with E-state index in [-0.39, 0.29) is 0 Å². The van der Waals surface area contributed by atoms with Gasteiger partial charge in [0.15, 0.2) is 0 Å². The van der Waals surface area contributed by atoms with E-state index in [9.17, 15) is 0 Å². The van der Waals surface area contributed by atoms with Gasteiger partial charge in [0.25, 0.3) is 0 Å². The molecule has 3 nitrogen and oxygen atoms in total. The predicted molar refractivity (Wildman–Crippen MR) is 76.2 cm³/mol. The second-order valence-corrected chi connectivity index (χ2v) is 4.96. The van der Waals surface area contributed by atoms with Crippen molar-refractivity contribution in [2.75, 3.05) is 6.61 Å². The average Bonchev–Trinajstić information content (AvgIpc) is 2.93. The van der Waals surface area contributed by atoms with E-state index in [0.717, 1.165) is 31.9 Å². The summed E-state index contributed by atoms with van der Waals surface area (Å²) in [6, 6.07) is 10.9. The van der Waals surface area contributed by atoms with Gasteiger partial charge in [0, 0.05) is 43.5 Å². The van der Waals surface area contributed by atoms with Crippen molar-refractivity contribution >= 4 is 0 Å². The normalized spacial score (nSPS) is 17.8. The monoisotopic (exact) mass is 256 g/mol. The standard InChI is InChI=1S/C16H20N2O/c1-2-18-9-7-13(12-18)11-17-15-8-10-19-16-6-4-3-5-14(15)16/h3-7,9,12,15,17H,2,8,10-11H2,1H3. The first kappa shape index (κ1) is 12.3.